The summed E-state index contributed by atoms with van der Waals surface area (Å²) in [6.45, 7) is 0. The van der Waals surface area contributed by atoms with E-state index in [9.17, 15) is 4.57 Å². The van der Waals surface area contributed by atoms with Gasteiger partial charge in [0.2, 0.25) is 0 Å². The minimum atomic E-state index is -3.04. The molecule has 0 fully saturated rings. The van der Waals surface area contributed by atoms with E-state index >= 15 is 0 Å². The molecule has 6 aromatic carbocycles. The second kappa shape index (κ2) is 8.19. The predicted molar refractivity (Wildman–Crippen MR) is 153 cm³/mol. The van der Waals surface area contributed by atoms with Gasteiger partial charge >= 0.3 is 0 Å². The first-order valence-corrected chi connectivity index (χ1v) is 13.9. The number of hydrogen-bond donors (Lipinski definition) is 0. The first kappa shape index (κ1) is 21.1. The van der Waals surface area contributed by atoms with E-state index in [2.05, 4.69) is 66.7 Å². The third-order valence-corrected chi connectivity index (χ3v) is 10.4. The Morgan fingerprint density at radius 2 is 0.889 bits per heavy atom. The average Bonchev–Trinajstić information content (AvgIpc) is 3.29. The van der Waals surface area contributed by atoms with Gasteiger partial charge in [-0.2, -0.15) is 0 Å². The van der Waals surface area contributed by atoms with E-state index in [1.54, 1.807) is 0 Å². The van der Waals surface area contributed by atoms with Crippen LogP contribution in [0, 0.1) is 0 Å². The van der Waals surface area contributed by atoms with Crippen molar-refractivity contribution in [3.05, 3.63) is 140 Å². The minimum Gasteiger partial charge on any atom is -0.309 e. The van der Waals surface area contributed by atoms with Crippen molar-refractivity contribution in [2.24, 2.45) is 0 Å². The monoisotopic (exact) mass is 478 g/mol. The summed E-state index contributed by atoms with van der Waals surface area (Å²) in [4.78, 5) is 0. The van der Waals surface area contributed by atoms with E-state index in [4.69, 9.17) is 0 Å². The fourth-order valence-electron chi connectivity index (χ4n) is 5.65. The number of fused-ring (bicyclic) bond motifs is 3. The molecule has 0 amide bonds. The summed E-state index contributed by atoms with van der Waals surface area (Å²) in [6, 6.07) is 47.8. The highest BCUT2D eigenvalue weighted by molar-refractivity contribution is 7.85. The molecule has 0 aliphatic heterocycles. The first-order chi connectivity index (χ1) is 17.7. The molecule has 0 saturated carbocycles. The van der Waals surface area contributed by atoms with Crippen molar-refractivity contribution in [1.82, 2.24) is 0 Å². The summed E-state index contributed by atoms with van der Waals surface area (Å²) in [5.41, 5.74) is 7.41. The third-order valence-electron chi connectivity index (χ3n) is 7.31. The van der Waals surface area contributed by atoms with Crippen LogP contribution in [0.2, 0.25) is 0 Å². The summed E-state index contributed by atoms with van der Waals surface area (Å²) < 4.78 is 14.9. The Labute approximate surface area is 211 Å². The lowest BCUT2D eigenvalue weighted by Gasteiger charge is -2.21. The summed E-state index contributed by atoms with van der Waals surface area (Å²) in [7, 11) is -3.04. The lowest BCUT2D eigenvalue weighted by atomic mass is 9.94. The van der Waals surface area contributed by atoms with Crippen molar-refractivity contribution < 1.29 is 4.57 Å². The van der Waals surface area contributed by atoms with Gasteiger partial charge in [0.1, 0.15) is 0 Å². The lowest BCUT2D eigenvalue weighted by Crippen LogP contribution is -2.25. The molecule has 0 bridgehead atoms. The second-order valence-electron chi connectivity index (χ2n) is 9.27. The van der Waals surface area contributed by atoms with E-state index in [0.717, 1.165) is 27.0 Å². The van der Waals surface area contributed by atoms with Crippen LogP contribution in [0.1, 0.15) is 0 Å². The Hall–Kier alpha value is -4.19. The van der Waals surface area contributed by atoms with Crippen LogP contribution >= 0.6 is 7.14 Å². The van der Waals surface area contributed by atoms with Gasteiger partial charge in [0.15, 0.2) is 7.14 Å². The van der Waals surface area contributed by atoms with Gasteiger partial charge in [0.05, 0.1) is 0 Å². The predicted octanol–water partition coefficient (Wildman–Crippen LogP) is 7.79. The molecular formula is C34H23OP. The minimum absolute atomic E-state index is 0.851. The molecule has 0 atom stereocenters. The van der Waals surface area contributed by atoms with E-state index in [-0.39, 0.29) is 0 Å². The van der Waals surface area contributed by atoms with Gasteiger partial charge < -0.3 is 4.57 Å². The smallest absolute Gasteiger partial charge is 0.171 e. The number of benzene rings is 6. The Balaban J connectivity index is 1.45. The van der Waals surface area contributed by atoms with Gasteiger partial charge in [-0.15, -0.1) is 0 Å². The van der Waals surface area contributed by atoms with E-state index in [0.29, 0.717) is 0 Å². The molecule has 0 N–H and O–H groups in total. The molecule has 7 rings (SSSR count). The molecule has 170 valence electrons. The summed E-state index contributed by atoms with van der Waals surface area (Å²) >= 11 is 0. The van der Waals surface area contributed by atoms with Crippen LogP contribution in [0.5, 0.6) is 0 Å². The van der Waals surface area contributed by atoms with Crippen molar-refractivity contribution in [2.75, 3.05) is 0 Å². The van der Waals surface area contributed by atoms with Crippen LogP contribution in [-0.4, -0.2) is 0 Å². The Morgan fingerprint density at radius 3 is 1.56 bits per heavy atom. The fraction of sp³-hybridized carbons (Fsp3) is 0. The molecule has 1 aliphatic rings. The molecule has 6 aromatic rings. The summed E-state index contributed by atoms with van der Waals surface area (Å²) in [5, 5.41) is 5.08. The zero-order valence-corrected chi connectivity index (χ0v) is 20.5. The Bertz CT molecular complexity index is 1730. The van der Waals surface area contributed by atoms with Crippen molar-refractivity contribution in [3.8, 4) is 33.4 Å². The standard InChI is InChI=1S/C34H23OP/c35-36(25-12-3-1-4-13-25,26-14-5-2-6-15-26)27-16-9-11-24(23-27)28-21-22-33-30-18-8-7-17-29(30)32-20-10-19-31(28)34(32)33/h1-23H. The average molecular weight is 479 g/mol. The van der Waals surface area contributed by atoms with Gasteiger partial charge in [0, 0.05) is 15.9 Å². The quantitative estimate of drug-likeness (QED) is 0.236. The van der Waals surface area contributed by atoms with Gasteiger partial charge in [0.25, 0.3) is 0 Å². The molecule has 0 unspecified atom stereocenters. The van der Waals surface area contributed by atoms with E-state index in [1.807, 2.05) is 72.8 Å². The molecular weight excluding hydrogens is 455 g/mol. The number of hydrogen-bond acceptors (Lipinski definition) is 1. The van der Waals surface area contributed by atoms with Gasteiger partial charge in [-0.05, 0) is 50.2 Å². The van der Waals surface area contributed by atoms with Crippen LogP contribution in [-0.2, 0) is 4.57 Å². The van der Waals surface area contributed by atoms with Gasteiger partial charge in [-0.25, -0.2) is 0 Å². The highest BCUT2D eigenvalue weighted by Crippen LogP contribution is 2.49. The van der Waals surface area contributed by atoms with E-state index in [1.165, 1.54) is 33.0 Å². The maximum absolute atomic E-state index is 14.9. The van der Waals surface area contributed by atoms with Crippen LogP contribution in [0.25, 0.3) is 44.2 Å². The largest absolute Gasteiger partial charge is 0.309 e. The fourth-order valence-corrected chi connectivity index (χ4v) is 8.35. The summed E-state index contributed by atoms with van der Waals surface area (Å²) in [5.74, 6) is 0. The highest BCUT2D eigenvalue weighted by Gasteiger charge is 2.30. The maximum Gasteiger partial charge on any atom is 0.171 e. The van der Waals surface area contributed by atoms with Crippen molar-refractivity contribution in [3.63, 3.8) is 0 Å². The zero-order chi connectivity index (χ0) is 24.1. The van der Waals surface area contributed by atoms with E-state index < -0.39 is 7.14 Å². The zero-order valence-electron chi connectivity index (χ0n) is 19.6. The Morgan fingerprint density at radius 1 is 0.389 bits per heavy atom. The maximum atomic E-state index is 14.9. The molecule has 0 aromatic heterocycles. The highest BCUT2D eigenvalue weighted by atomic mass is 31.2. The molecule has 36 heavy (non-hydrogen) atoms. The third kappa shape index (κ3) is 3.07. The molecule has 0 radical (unpaired) electrons. The molecule has 0 heterocycles. The molecule has 1 nitrogen and oxygen atoms in total. The second-order valence-corrected chi connectivity index (χ2v) is 12.0. The molecule has 2 heteroatoms. The van der Waals surface area contributed by atoms with Crippen molar-refractivity contribution >= 4 is 33.8 Å². The SMILES string of the molecule is O=P(c1ccccc1)(c1ccccc1)c1cccc(-c2ccc3c4c(cccc24)-c2ccccc2-3)c1. The van der Waals surface area contributed by atoms with Crippen molar-refractivity contribution in [1.29, 1.82) is 0 Å². The normalized spacial score (nSPS) is 12.0. The lowest BCUT2D eigenvalue weighted by molar-refractivity contribution is 0.592. The molecule has 0 spiro atoms. The Kier molecular flexibility index (Phi) is 4.81. The van der Waals surface area contributed by atoms with Crippen LogP contribution in [0.4, 0.5) is 0 Å². The molecule has 1 aliphatic carbocycles. The topological polar surface area (TPSA) is 17.1 Å². The van der Waals surface area contributed by atoms with Crippen LogP contribution in [0.3, 0.4) is 0 Å². The van der Waals surface area contributed by atoms with Crippen LogP contribution in [0.15, 0.2) is 140 Å². The molecule has 0 saturated heterocycles. The van der Waals surface area contributed by atoms with Gasteiger partial charge in [-0.3, -0.25) is 0 Å². The van der Waals surface area contributed by atoms with Gasteiger partial charge in [-0.1, -0.05) is 133 Å². The number of rotatable bonds is 4. The van der Waals surface area contributed by atoms with Crippen LogP contribution < -0.4 is 15.9 Å². The van der Waals surface area contributed by atoms with Crippen molar-refractivity contribution in [2.45, 2.75) is 0 Å². The first-order valence-electron chi connectivity index (χ1n) is 12.2. The summed E-state index contributed by atoms with van der Waals surface area (Å²) in [6.07, 6.45) is 0.